The smallest absolute Gasteiger partial charge is 0.0741 e. The predicted molar refractivity (Wildman–Crippen MR) is 76.6 cm³/mol. The molecular weight excluding hydrogens is 244 g/mol. The summed E-state index contributed by atoms with van der Waals surface area (Å²) in [5.74, 6) is 0. The van der Waals surface area contributed by atoms with Crippen LogP contribution < -0.4 is 4.42 Å². The van der Waals surface area contributed by atoms with Gasteiger partial charge < -0.3 is 0 Å². The van der Waals surface area contributed by atoms with Crippen molar-refractivity contribution in [3.8, 4) is 0 Å². The van der Waals surface area contributed by atoms with Gasteiger partial charge >= 0.3 is 0 Å². The lowest BCUT2D eigenvalue weighted by Gasteiger charge is -2.15. The molecule has 0 saturated heterocycles. The molecule has 0 N–H and O–H groups in total. The molecule has 2 aromatic carbocycles. The molecule has 1 aliphatic heterocycles. The minimum absolute atomic E-state index is 0.711. The number of nitrogens with zero attached hydrogens (tertiary/aromatic N) is 2. The van der Waals surface area contributed by atoms with Crippen LogP contribution in [0.3, 0.4) is 0 Å². The van der Waals surface area contributed by atoms with Gasteiger partial charge in [-0.25, -0.2) is 0 Å². The SMILES string of the molecule is ClN1CCN=C(c2ccccc2)c2ccccc21. The fraction of sp³-hybridized carbons (Fsp3) is 0.133. The van der Waals surface area contributed by atoms with Crippen molar-refractivity contribution in [2.45, 2.75) is 0 Å². The molecule has 1 aliphatic rings. The highest BCUT2D eigenvalue weighted by atomic mass is 35.5. The Bertz CT molecular complexity index is 578. The average molecular weight is 257 g/mol. The Balaban J connectivity index is 2.16. The summed E-state index contributed by atoms with van der Waals surface area (Å²) < 4.78 is 1.74. The standard InChI is InChI=1S/C15H13ClN2/c16-18-11-10-17-15(12-6-2-1-3-7-12)13-8-4-5-9-14(13)18/h1-9H,10-11H2. The first-order valence-corrected chi connectivity index (χ1v) is 6.32. The maximum Gasteiger partial charge on any atom is 0.0741 e. The zero-order valence-electron chi connectivity index (χ0n) is 9.88. The topological polar surface area (TPSA) is 15.6 Å². The number of benzene rings is 2. The fourth-order valence-electron chi connectivity index (χ4n) is 2.18. The van der Waals surface area contributed by atoms with Gasteiger partial charge in [-0.2, -0.15) is 0 Å². The highest BCUT2D eigenvalue weighted by Gasteiger charge is 2.17. The van der Waals surface area contributed by atoms with Gasteiger partial charge in [-0.3, -0.25) is 9.41 Å². The van der Waals surface area contributed by atoms with Gasteiger partial charge in [-0.05, 0) is 6.07 Å². The predicted octanol–water partition coefficient (Wildman–Crippen LogP) is 3.50. The van der Waals surface area contributed by atoms with Gasteiger partial charge in [0.15, 0.2) is 0 Å². The van der Waals surface area contributed by atoms with Gasteiger partial charge in [0.2, 0.25) is 0 Å². The van der Waals surface area contributed by atoms with E-state index >= 15 is 0 Å². The van der Waals surface area contributed by atoms with Crippen LogP contribution in [0, 0.1) is 0 Å². The van der Waals surface area contributed by atoms with Crippen LogP contribution in [-0.4, -0.2) is 18.8 Å². The first-order chi connectivity index (χ1) is 8.86. The van der Waals surface area contributed by atoms with Crippen LogP contribution in [0.25, 0.3) is 0 Å². The van der Waals surface area contributed by atoms with Gasteiger partial charge in [0.1, 0.15) is 0 Å². The summed E-state index contributed by atoms with van der Waals surface area (Å²) in [6.45, 7) is 1.44. The number of aliphatic imine (C=N–C) groups is 1. The third kappa shape index (κ3) is 2.00. The highest BCUT2D eigenvalue weighted by molar-refractivity contribution is 6.28. The average Bonchev–Trinajstić information content (AvgIpc) is 2.60. The van der Waals surface area contributed by atoms with Crippen LogP contribution in [0.4, 0.5) is 5.69 Å². The Labute approximate surface area is 112 Å². The van der Waals surface area contributed by atoms with E-state index in [0.29, 0.717) is 6.54 Å². The molecule has 1 heterocycles. The zero-order valence-corrected chi connectivity index (χ0v) is 10.6. The molecule has 0 aliphatic carbocycles. The minimum Gasteiger partial charge on any atom is -0.283 e. The summed E-state index contributed by atoms with van der Waals surface area (Å²) in [6, 6.07) is 18.4. The molecule has 90 valence electrons. The van der Waals surface area contributed by atoms with Gasteiger partial charge in [0, 0.05) is 22.9 Å². The van der Waals surface area contributed by atoms with Crippen molar-refractivity contribution < 1.29 is 0 Å². The molecule has 2 aromatic rings. The lowest BCUT2D eigenvalue weighted by Crippen LogP contribution is -2.13. The maximum absolute atomic E-state index is 6.26. The minimum atomic E-state index is 0.711. The normalized spacial score (nSPS) is 14.7. The number of para-hydroxylation sites is 1. The number of halogens is 1. The molecule has 0 fully saturated rings. The number of rotatable bonds is 1. The number of hydrogen-bond donors (Lipinski definition) is 0. The van der Waals surface area contributed by atoms with E-state index in [1.807, 2.05) is 36.4 Å². The molecule has 0 amide bonds. The van der Waals surface area contributed by atoms with E-state index in [-0.39, 0.29) is 0 Å². The van der Waals surface area contributed by atoms with Crippen molar-refractivity contribution >= 4 is 23.2 Å². The Morgan fingerprint density at radius 1 is 0.944 bits per heavy atom. The van der Waals surface area contributed by atoms with E-state index in [9.17, 15) is 0 Å². The van der Waals surface area contributed by atoms with Crippen molar-refractivity contribution in [2.75, 3.05) is 17.5 Å². The van der Waals surface area contributed by atoms with E-state index in [4.69, 9.17) is 11.8 Å². The van der Waals surface area contributed by atoms with Gasteiger partial charge in [-0.1, -0.05) is 48.5 Å². The summed E-state index contributed by atoms with van der Waals surface area (Å²) in [5, 5.41) is 0. The molecule has 0 radical (unpaired) electrons. The van der Waals surface area contributed by atoms with E-state index < -0.39 is 0 Å². The van der Waals surface area contributed by atoms with Crippen molar-refractivity contribution in [1.29, 1.82) is 0 Å². The van der Waals surface area contributed by atoms with E-state index in [2.05, 4.69) is 23.2 Å². The molecule has 0 bridgehead atoms. The summed E-state index contributed by atoms with van der Waals surface area (Å²) in [6.07, 6.45) is 0. The number of anilines is 1. The van der Waals surface area contributed by atoms with Crippen LogP contribution in [0.15, 0.2) is 59.6 Å². The first kappa shape index (κ1) is 11.3. The molecule has 0 spiro atoms. The Kier molecular flexibility index (Phi) is 3.03. The van der Waals surface area contributed by atoms with E-state index in [0.717, 1.165) is 29.1 Å². The first-order valence-electron chi connectivity index (χ1n) is 5.99. The van der Waals surface area contributed by atoms with Crippen LogP contribution in [-0.2, 0) is 0 Å². The second-order valence-electron chi connectivity index (χ2n) is 4.20. The summed E-state index contributed by atoms with van der Waals surface area (Å²) >= 11 is 6.26. The van der Waals surface area contributed by atoms with Crippen LogP contribution >= 0.6 is 11.8 Å². The quantitative estimate of drug-likeness (QED) is 0.713. The molecule has 0 atom stereocenters. The van der Waals surface area contributed by atoms with Crippen molar-refractivity contribution in [3.63, 3.8) is 0 Å². The van der Waals surface area contributed by atoms with Gasteiger partial charge in [-0.15, -0.1) is 0 Å². The van der Waals surface area contributed by atoms with Crippen LogP contribution in [0.1, 0.15) is 11.1 Å². The van der Waals surface area contributed by atoms with Gasteiger partial charge in [0.05, 0.1) is 24.5 Å². The molecule has 0 unspecified atom stereocenters. The Morgan fingerprint density at radius 3 is 2.50 bits per heavy atom. The van der Waals surface area contributed by atoms with Crippen molar-refractivity contribution in [1.82, 2.24) is 0 Å². The molecular formula is C15H13ClN2. The molecule has 3 heteroatoms. The fourth-order valence-corrected chi connectivity index (χ4v) is 2.41. The maximum atomic E-state index is 6.26. The van der Waals surface area contributed by atoms with Crippen LogP contribution in [0.5, 0.6) is 0 Å². The monoisotopic (exact) mass is 256 g/mol. The van der Waals surface area contributed by atoms with Gasteiger partial charge in [0.25, 0.3) is 0 Å². The molecule has 0 aromatic heterocycles. The molecule has 0 saturated carbocycles. The Hall–Kier alpha value is -1.80. The van der Waals surface area contributed by atoms with Crippen LogP contribution in [0.2, 0.25) is 0 Å². The lowest BCUT2D eigenvalue weighted by atomic mass is 10.0. The summed E-state index contributed by atoms with van der Waals surface area (Å²) in [7, 11) is 0. The third-order valence-corrected chi connectivity index (χ3v) is 3.39. The molecule has 2 nitrogen and oxygen atoms in total. The van der Waals surface area contributed by atoms with Crippen molar-refractivity contribution in [2.24, 2.45) is 4.99 Å². The zero-order chi connectivity index (χ0) is 12.4. The highest BCUT2D eigenvalue weighted by Crippen LogP contribution is 2.27. The number of benzodiazepines with no additional fused rings is 1. The third-order valence-electron chi connectivity index (χ3n) is 3.03. The second kappa shape index (κ2) is 4.83. The summed E-state index contributed by atoms with van der Waals surface area (Å²) in [4.78, 5) is 4.68. The van der Waals surface area contributed by atoms with E-state index in [1.54, 1.807) is 4.42 Å². The number of fused-ring (bicyclic) bond motifs is 1. The summed E-state index contributed by atoms with van der Waals surface area (Å²) in [5.41, 5.74) is 4.28. The Morgan fingerprint density at radius 2 is 1.67 bits per heavy atom. The van der Waals surface area contributed by atoms with E-state index in [1.165, 1.54) is 0 Å². The largest absolute Gasteiger partial charge is 0.283 e. The second-order valence-corrected chi connectivity index (χ2v) is 4.61. The molecule has 18 heavy (non-hydrogen) atoms. The lowest BCUT2D eigenvalue weighted by molar-refractivity contribution is 0.977. The molecule has 3 rings (SSSR count). The number of hydrogen-bond acceptors (Lipinski definition) is 2. The van der Waals surface area contributed by atoms with Crippen molar-refractivity contribution in [3.05, 3.63) is 65.7 Å².